The zero-order valence-electron chi connectivity index (χ0n) is 18.8. The van der Waals surface area contributed by atoms with Crippen LogP contribution in [0.3, 0.4) is 0 Å². The van der Waals surface area contributed by atoms with Gasteiger partial charge in [0.05, 0.1) is 16.8 Å². The normalized spacial score (nSPS) is 15.1. The number of hydrogen-bond donors (Lipinski definition) is 3. The molecule has 1 heterocycles. The highest BCUT2D eigenvalue weighted by Gasteiger charge is 2.51. The maximum absolute atomic E-state index is 13.3. The number of carbonyl (C=O) groups excluding carboxylic acids is 1. The molecule has 5 nitrogen and oxygen atoms in total. The Balaban J connectivity index is 1.59. The molecule has 1 amide bonds. The first-order valence-electron chi connectivity index (χ1n) is 10.6. The number of aromatic nitrogens is 1. The van der Waals surface area contributed by atoms with Crippen molar-refractivity contribution in [1.29, 1.82) is 0 Å². The van der Waals surface area contributed by atoms with Gasteiger partial charge in [-0.1, -0.05) is 26.8 Å². The summed E-state index contributed by atoms with van der Waals surface area (Å²) in [7, 11) is 5.97. The van der Waals surface area contributed by atoms with Crippen molar-refractivity contribution < 1.29 is 4.79 Å². The summed E-state index contributed by atoms with van der Waals surface area (Å²) >= 11 is 0. The third kappa shape index (κ3) is 3.53. The number of H-pyrrole nitrogens is 1. The quantitative estimate of drug-likeness (QED) is 0.545. The highest BCUT2D eigenvalue weighted by Crippen LogP contribution is 2.50. The fourth-order valence-electron chi connectivity index (χ4n) is 4.06. The van der Waals surface area contributed by atoms with Crippen molar-refractivity contribution in [1.82, 2.24) is 4.98 Å². The van der Waals surface area contributed by atoms with Crippen molar-refractivity contribution >= 4 is 33.9 Å². The number of benzene rings is 2. The van der Waals surface area contributed by atoms with Gasteiger partial charge in [0.2, 0.25) is 5.91 Å². The summed E-state index contributed by atoms with van der Waals surface area (Å²) < 4.78 is 0. The van der Waals surface area contributed by atoms with Crippen LogP contribution in [0.4, 0.5) is 17.1 Å². The van der Waals surface area contributed by atoms with Crippen LogP contribution in [0.15, 0.2) is 42.5 Å². The van der Waals surface area contributed by atoms with Gasteiger partial charge in [-0.3, -0.25) is 4.79 Å². The van der Waals surface area contributed by atoms with Gasteiger partial charge in [0, 0.05) is 48.8 Å². The first kappa shape index (κ1) is 20.3. The molecule has 1 saturated carbocycles. The zero-order valence-corrected chi connectivity index (χ0v) is 18.8. The van der Waals surface area contributed by atoms with E-state index in [2.05, 4.69) is 71.6 Å². The van der Waals surface area contributed by atoms with E-state index in [0.717, 1.165) is 46.4 Å². The third-order valence-corrected chi connectivity index (χ3v) is 6.17. The van der Waals surface area contributed by atoms with Gasteiger partial charge in [-0.2, -0.15) is 0 Å². The number of amides is 1. The molecule has 5 heteroatoms. The molecular weight excluding hydrogens is 372 g/mol. The minimum Gasteiger partial charge on any atom is -0.386 e. The summed E-state index contributed by atoms with van der Waals surface area (Å²) in [4.78, 5) is 18.8. The molecule has 1 aromatic heterocycles. The average Bonchev–Trinajstić information content (AvgIpc) is 3.39. The Morgan fingerprint density at radius 2 is 1.80 bits per heavy atom. The van der Waals surface area contributed by atoms with E-state index < -0.39 is 5.41 Å². The smallest absolute Gasteiger partial charge is 0.235 e. The van der Waals surface area contributed by atoms with E-state index in [-0.39, 0.29) is 11.3 Å². The molecule has 1 aliphatic carbocycles. The molecule has 158 valence electrons. The Morgan fingerprint density at radius 1 is 1.07 bits per heavy atom. The lowest BCUT2D eigenvalue weighted by Gasteiger charge is -2.21. The topological polar surface area (TPSA) is 60.2 Å². The fourth-order valence-corrected chi connectivity index (χ4v) is 4.06. The average molecular weight is 405 g/mol. The summed E-state index contributed by atoms with van der Waals surface area (Å²) in [5, 5.41) is 7.56. The van der Waals surface area contributed by atoms with E-state index in [1.165, 1.54) is 5.69 Å². The highest BCUT2D eigenvalue weighted by molar-refractivity contribution is 6.02. The minimum atomic E-state index is -0.430. The van der Waals surface area contributed by atoms with Gasteiger partial charge < -0.3 is 20.5 Å². The van der Waals surface area contributed by atoms with E-state index in [1.807, 2.05) is 33.3 Å². The predicted molar refractivity (Wildman–Crippen MR) is 127 cm³/mol. The molecule has 30 heavy (non-hydrogen) atoms. The summed E-state index contributed by atoms with van der Waals surface area (Å²) in [5.74, 6) is 0.0769. The molecule has 3 N–H and O–H groups in total. The molecule has 0 unspecified atom stereocenters. The van der Waals surface area contributed by atoms with Crippen LogP contribution in [0.2, 0.25) is 0 Å². The number of hydrogen-bond acceptors (Lipinski definition) is 3. The SMILES string of the molecule is CNc1cc(C2(C(=O)Nc3ccc4[nH]c(C(C)(C)C)cc4c3)CC2)ccc1N(C)C. The molecule has 1 fully saturated rings. The lowest BCUT2D eigenvalue weighted by Crippen LogP contribution is -2.28. The second kappa shape index (κ2) is 7.08. The van der Waals surface area contributed by atoms with Crippen LogP contribution in [-0.4, -0.2) is 32.0 Å². The molecule has 0 bridgehead atoms. The molecule has 1 aliphatic rings. The largest absolute Gasteiger partial charge is 0.386 e. The lowest BCUT2D eigenvalue weighted by atomic mass is 9.92. The molecule has 2 aromatic carbocycles. The van der Waals surface area contributed by atoms with Gasteiger partial charge in [0.15, 0.2) is 0 Å². The Hall–Kier alpha value is -2.95. The third-order valence-electron chi connectivity index (χ3n) is 6.17. The van der Waals surface area contributed by atoms with Crippen molar-refractivity contribution in [3.8, 4) is 0 Å². The van der Waals surface area contributed by atoms with Gasteiger partial charge in [0.25, 0.3) is 0 Å². The van der Waals surface area contributed by atoms with Crippen LogP contribution in [0, 0.1) is 0 Å². The standard InChI is InChI=1S/C25H32N4O/c1-24(2,3)22-14-16-13-18(8-9-19(16)28-22)27-23(30)25(11-12-25)17-7-10-21(29(5)6)20(15-17)26-4/h7-10,13-15,26,28H,11-12H2,1-6H3,(H,27,30). The summed E-state index contributed by atoms with van der Waals surface area (Å²) in [6.07, 6.45) is 1.76. The van der Waals surface area contributed by atoms with Gasteiger partial charge in [-0.05, 0) is 54.8 Å². The molecule has 0 spiro atoms. The van der Waals surface area contributed by atoms with Crippen LogP contribution in [0.5, 0.6) is 0 Å². The summed E-state index contributed by atoms with van der Waals surface area (Å²) in [6.45, 7) is 6.58. The number of aromatic amines is 1. The Morgan fingerprint density at radius 3 is 2.40 bits per heavy atom. The second-order valence-corrected chi connectivity index (χ2v) is 9.65. The van der Waals surface area contributed by atoms with Gasteiger partial charge in [0.1, 0.15) is 0 Å². The number of nitrogens with zero attached hydrogens (tertiary/aromatic N) is 1. The summed E-state index contributed by atoms with van der Waals surface area (Å²) in [6, 6.07) is 14.6. The number of anilines is 3. The van der Waals surface area contributed by atoms with E-state index in [4.69, 9.17) is 0 Å². The van der Waals surface area contributed by atoms with Crippen molar-refractivity contribution in [2.75, 3.05) is 36.7 Å². The summed E-state index contributed by atoms with van der Waals surface area (Å²) in [5.41, 5.74) is 6.00. The first-order chi connectivity index (χ1) is 14.1. The first-order valence-corrected chi connectivity index (χ1v) is 10.6. The van der Waals surface area contributed by atoms with Gasteiger partial charge in [-0.25, -0.2) is 0 Å². The van der Waals surface area contributed by atoms with Crippen molar-refractivity contribution in [2.45, 2.75) is 44.4 Å². The molecular formula is C25H32N4O. The van der Waals surface area contributed by atoms with E-state index >= 15 is 0 Å². The predicted octanol–water partition coefficient (Wildman–Crippen LogP) is 5.24. The lowest BCUT2D eigenvalue weighted by molar-refractivity contribution is -0.118. The second-order valence-electron chi connectivity index (χ2n) is 9.65. The maximum Gasteiger partial charge on any atom is 0.235 e. The number of fused-ring (bicyclic) bond motifs is 1. The van der Waals surface area contributed by atoms with Crippen molar-refractivity contribution in [3.63, 3.8) is 0 Å². The molecule has 0 atom stereocenters. The number of nitrogens with one attached hydrogen (secondary N) is 3. The Labute approximate surface area is 178 Å². The zero-order chi connectivity index (χ0) is 21.7. The van der Waals surface area contributed by atoms with Crippen LogP contribution < -0.4 is 15.5 Å². The van der Waals surface area contributed by atoms with Crippen LogP contribution in [-0.2, 0) is 15.6 Å². The van der Waals surface area contributed by atoms with Crippen LogP contribution in [0.25, 0.3) is 10.9 Å². The van der Waals surface area contributed by atoms with Crippen LogP contribution >= 0.6 is 0 Å². The minimum absolute atomic E-state index is 0.0598. The number of rotatable bonds is 5. The van der Waals surface area contributed by atoms with E-state index in [1.54, 1.807) is 0 Å². The monoisotopic (exact) mass is 404 g/mol. The van der Waals surface area contributed by atoms with Crippen molar-refractivity contribution in [2.24, 2.45) is 0 Å². The van der Waals surface area contributed by atoms with Gasteiger partial charge >= 0.3 is 0 Å². The molecule has 0 radical (unpaired) electrons. The van der Waals surface area contributed by atoms with Gasteiger partial charge in [-0.15, -0.1) is 0 Å². The fraction of sp³-hybridized carbons (Fsp3) is 0.400. The molecule has 0 aliphatic heterocycles. The molecule has 3 aromatic rings. The van der Waals surface area contributed by atoms with Crippen LogP contribution in [0.1, 0.15) is 44.9 Å². The van der Waals surface area contributed by atoms with E-state index in [0.29, 0.717) is 0 Å². The Kier molecular flexibility index (Phi) is 4.80. The molecule has 0 saturated heterocycles. The number of carbonyl (C=O) groups is 1. The molecule has 4 rings (SSSR count). The van der Waals surface area contributed by atoms with Crippen molar-refractivity contribution in [3.05, 3.63) is 53.7 Å². The van der Waals surface area contributed by atoms with E-state index in [9.17, 15) is 4.79 Å². The maximum atomic E-state index is 13.3. The Bertz CT molecular complexity index is 1100. The highest BCUT2D eigenvalue weighted by atomic mass is 16.2.